The molecular formula is C16H20N2O2. The minimum Gasteiger partial charge on any atom is -0.389 e. The van der Waals surface area contributed by atoms with E-state index in [1.165, 1.54) is 0 Å². The van der Waals surface area contributed by atoms with E-state index in [1.807, 2.05) is 43.3 Å². The van der Waals surface area contributed by atoms with Crippen molar-refractivity contribution in [1.82, 2.24) is 10.1 Å². The Labute approximate surface area is 119 Å². The number of aromatic nitrogens is 1. The van der Waals surface area contributed by atoms with Gasteiger partial charge in [0.1, 0.15) is 5.69 Å². The van der Waals surface area contributed by atoms with Gasteiger partial charge >= 0.3 is 0 Å². The number of piperidine rings is 1. The van der Waals surface area contributed by atoms with Crippen LogP contribution in [0.4, 0.5) is 0 Å². The van der Waals surface area contributed by atoms with Gasteiger partial charge in [-0.1, -0.05) is 35.5 Å². The second-order valence-electron chi connectivity index (χ2n) is 5.86. The van der Waals surface area contributed by atoms with Crippen LogP contribution in [0.1, 0.15) is 25.5 Å². The summed E-state index contributed by atoms with van der Waals surface area (Å²) in [4.78, 5) is 2.22. The van der Waals surface area contributed by atoms with Crippen LogP contribution in [0.25, 0.3) is 11.3 Å². The van der Waals surface area contributed by atoms with Crippen LogP contribution in [0.5, 0.6) is 0 Å². The maximum Gasteiger partial charge on any atom is 0.151 e. The van der Waals surface area contributed by atoms with E-state index in [0.717, 1.165) is 36.4 Å². The fourth-order valence-corrected chi connectivity index (χ4v) is 2.81. The van der Waals surface area contributed by atoms with E-state index >= 15 is 0 Å². The highest BCUT2D eigenvalue weighted by molar-refractivity contribution is 5.58. The third-order valence-electron chi connectivity index (χ3n) is 3.76. The summed E-state index contributed by atoms with van der Waals surface area (Å²) in [5, 5.41) is 14.2. The molecule has 2 aromatic rings. The number of rotatable bonds is 3. The van der Waals surface area contributed by atoms with Gasteiger partial charge in [-0.25, -0.2) is 0 Å². The standard InChI is InChI=1S/C16H20N2O2/c1-16(19)8-5-9-18(12-16)11-14-10-15(17-20-14)13-6-3-2-4-7-13/h2-4,6-7,10,19H,5,8-9,11-12H2,1H3. The summed E-state index contributed by atoms with van der Waals surface area (Å²) in [6.45, 7) is 4.29. The zero-order valence-electron chi connectivity index (χ0n) is 11.7. The molecule has 1 atom stereocenters. The van der Waals surface area contributed by atoms with Gasteiger partial charge in [-0.3, -0.25) is 4.90 Å². The molecule has 1 aliphatic rings. The Morgan fingerprint density at radius 2 is 2.15 bits per heavy atom. The van der Waals surface area contributed by atoms with E-state index in [1.54, 1.807) is 0 Å². The SMILES string of the molecule is CC1(O)CCCN(Cc2cc(-c3ccccc3)no2)C1. The fourth-order valence-electron chi connectivity index (χ4n) is 2.81. The van der Waals surface area contributed by atoms with Gasteiger partial charge in [-0.2, -0.15) is 0 Å². The Bertz CT molecular complexity index is 563. The Morgan fingerprint density at radius 1 is 1.35 bits per heavy atom. The maximum atomic E-state index is 10.1. The van der Waals surface area contributed by atoms with Crippen LogP contribution >= 0.6 is 0 Å². The monoisotopic (exact) mass is 272 g/mol. The zero-order chi connectivity index (χ0) is 14.0. The molecule has 2 heterocycles. The van der Waals surface area contributed by atoms with Gasteiger partial charge in [-0.15, -0.1) is 0 Å². The van der Waals surface area contributed by atoms with Gasteiger partial charge in [0.25, 0.3) is 0 Å². The number of aliphatic hydroxyl groups is 1. The quantitative estimate of drug-likeness (QED) is 0.933. The molecule has 20 heavy (non-hydrogen) atoms. The van der Waals surface area contributed by atoms with Crippen molar-refractivity contribution in [1.29, 1.82) is 0 Å². The molecule has 1 saturated heterocycles. The lowest BCUT2D eigenvalue weighted by atomic mass is 9.95. The molecule has 1 aromatic carbocycles. The molecular weight excluding hydrogens is 252 g/mol. The summed E-state index contributed by atoms with van der Waals surface area (Å²) >= 11 is 0. The van der Waals surface area contributed by atoms with Gasteiger partial charge < -0.3 is 9.63 Å². The third kappa shape index (κ3) is 3.08. The molecule has 1 unspecified atom stereocenters. The van der Waals surface area contributed by atoms with Crippen LogP contribution in [0, 0.1) is 0 Å². The molecule has 1 aliphatic heterocycles. The minimum absolute atomic E-state index is 0.583. The topological polar surface area (TPSA) is 49.5 Å². The number of nitrogens with zero attached hydrogens (tertiary/aromatic N) is 2. The van der Waals surface area contributed by atoms with Crippen LogP contribution in [0.15, 0.2) is 40.9 Å². The lowest BCUT2D eigenvalue weighted by molar-refractivity contribution is -0.0202. The van der Waals surface area contributed by atoms with Gasteiger partial charge in [0.2, 0.25) is 0 Å². The Hall–Kier alpha value is -1.65. The largest absolute Gasteiger partial charge is 0.389 e. The molecule has 0 bridgehead atoms. The van der Waals surface area contributed by atoms with Crippen molar-refractivity contribution in [2.75, 3.05) is 13.1 Å². The molecule has 0 spiro atoms. The van der Waals surface area contributed by atoms with Crippen LogP contribution in [-0.4, -0.2) is 33.9 Å². The van der Waals surface area contributed by atoms with E-state index in [0.29, 0.717) is 13.1 Å². The first-order valence-electron chi connectivity index (χ1n) is 7.08. The summed E-state index contributed by atoms with van der Waals surface area (Å²) in [5.74, 6) is 0.849. The van der Waals surface area contributed by atoms with Crippen LogP contribution in [-0.2, 0) is 6.54 Å². The molecule has 106 valence electrons. The molecule has 1 N–H and O–H groups in total. The van der Waals surface area contributed by atoms with Crippen LogP contribution in [0.3, 0.4) is 0 Å². The van der Waals surface area contributed by atoms with Gasteiger partial charge in [0, 0.05) is 18.2 Å². The highest BCUT2D eigenvalue weighted by Gasteiger charge is 2.28. The Kier molecular flexibility index (Phi) is 3.59. The zero-order valence-corrected chi connectivity index (χ0v) is 11.7. The van der Waals surface area contributed by atoms with Gasteiger partial charge in [-0.05, 0) is 26.3 Å². The number of likely N-dealkylation sites (tertiary alicyclic amines) is 1. The third-order valence-corrected chi connectivity index (χ3v) is 3.76. The molecule has 0 amide bonds. The number of benzene rings is 1. The molecule has 0 radical (unpaired) electrons. The van der Waals surface area contributed by atoms with Crippen LogP contribution in [0.2, 0.25) is 0 Å². The molecule has 0 aliphatic carbocycles. The second-order valence-corrected chi connectivity index (χ2v) is 5.86. The molecule has 3 rings (SSSR count). The molecule has 4 nitrogen and oxygen atoms in total. The predicted octanol–water partition coefficient (Wildman–Crippen LogP) is 2.69. The summed E-state index contributed by atoms with van der Waals surface area (Å²) in [5.41, 5.74) is 1.35. The van der Waals surface area contributed by atoms with Crippen molar-refractivity contribution in [2.24, 2.45) is 0 Å². The summed E-state index contributed by atoms with van der Waals surface area (Å²) in [6, 6.07) is 12.0. The summed E-state index contributed by atoms with van der Waals surface area (Å²) in [7, 11) is 0. The second kappa shape index (κ2) is 5.38. The van der Waals surface area contributed by atoms with E-state index < -0.39 is 5.60 Å². The van der Waals surface area contributed by atoms with Crippen molar-refractivity contribution in [3.63, 3.8) is 0 Å². The normalized spacial score (nSPS) is 23.9. The molecule has 1 fully saturated rings. The van der Waals surface area contributed by atoms with E-state index in [4.69, 9.17) is 4.52 Å². The number of hydrogen-bond donors (Lipinski definition) is 1. The minimum atomic E-state index is -0.583. The highest BCUT2D eigenvalue weighted by Crippen LogP contribution is 2.23. The van der Waals surface area contributed by atoms with Gasteiger partial charge in [0.05, 0.1) is 12.1 Å². The van der Waals surface area contributed by atoms with E-state index in [9.17, 15) is 5.11 Å². The van der Waals surface area contributed by atoms with E-state index in [-0.39, 0.29) is 0 Å². The number of β-amino-alcohol motifs (C(OH)–C–C–N with tert-alkyl or cyclic N) is 1. The first-order chi connectivity index (χ1) is 9.62. The fraction of sp³-hybridized carbons (Fsp3) is 0.438. The average Bonchev–Trinajstić information content (AvgIpc) is 2.87. The number of hydrogen-bond acceptors (Lipinski definition) is 4. The molecule has 1 aromatic heterocycles. The van der Waals surface area contributed by atoms with Gasteiger partial charge in [0.15, 0.2) is 5.76 Å². The predicted molar refractivity (Wildman–Crippen MR) is 77.1 cm³/mol. The van der Waals surface area contributed by atoms with Crippen LogP contribution < -0.4 is 0 Å². The lowest BCUT2D eigenvalue weighted by Crippen LogP contribution is -2.45. The highest BCUT2D eigenvalue weighted by atomic mass is 16.5. The average molecular weight is 272 g/mol. The summed E-state index contributed by atoms with van der Waals surface area (Å²) < 4.78 is 5.42. The van der Waals surface area contributed by atoms with Crippen molar-refractivity contribution >= 4 is 0 Å². The first-order valence-corrected chi connectivity index (χ1v) is 7.08. The van der Waals surface area contributed by atoms with Crippen molar-refractivity contribution in [2.45, 2.75) is 31.9 Å². The Balaban J connectivity index is 1.69. The Morgan fingerprint density at radius 3 is 2.90 bits per heavy atom. The smallest absolute Gasteiger partial charge is 0.151 e. The lowest BCUT2D eigenvalue weighted by Gasteiger charge is -2.36. The summed E-state index contributed by atoms with van der Waals surface area (Å²) in [6.07, 6.45) is 1.89. The van der Waals surface area contributed by atoms with Crippen molar-refractivity contribution in [3.8, 4) is 11.3 Å². The molecule has 4 heteroatoms. The molecule has 0 saturated carbocycles. The van der Waals surface area contributed by atoms with Crippen molar-refractivity contribution < 1.29 is 9.63 Å². The van der Waals surface area contributed by atoms with E-state index in [2.05, 4.69) is 10.1 Å². The van der Waals surface area contributed by atoms with Crippen molar-refractivity contribution in [3.05, 3.63) is 42.2 Å². The first kappa shape index (κ1) is 13.3. The maximum absolute atomic E-state index is 10.1.